The van der Waals surface area contributed by atoms with Gasteiger partial charge in [0.15, 0.2) is 27.3 Å². The van der Waals surface area contributed by atoms with Crippen molar-refractivity contribution in [2.45, 2.75) is 18.8 Å². The third kappa shape index (κ3) is 13.2. The SMILES string of the molecule is CS(=O)(=O)Cc1cc(-c2ccc(F)cc2F)cc(-c2cnn3cc(-c4ncn(CCO)n4)ccc23)c1.Ic1cnn2cc(-c3ncn[nH]3)ccc12.OCCBr.OCCn1cnc(-c2ccc3c(I)cnn3c2)n1. The molecule has 4 N–H and O–H groups in total. The lowest BCUT2D eigenvalue weighted by Gasteiger charge is -2.11. The second kappa shape index (κ2) is 24.1. The van der Waals surface area contributed by atoms with Crippen LogP contribution in [-0.4, -0.2) is 129 Å². The summed E-state index contributed by atoms with van der Waals surface area (Å²) in [4.78, 5) is 12.6. The van der Waals surface area contributed by atoms with Crippen LogP contribution in [0, 0.1) is 18.8 Å². The second-order valence-electron chi connectivity index (χ2n) is 15.8. The van der Waals surface area contributed by atoms with Crippen molar-refractivity contribution in [2.24, 2.45) is 0 Å². The molecule has 0 unspecified atom stereocenters. The Kier molecular flexibility index (Phi) is 17.4. The zero-order chi connectivity index (χ0) is 51.6. The molecule has 9 aromatic heterocycles. The number of fused-ring (bicyclic) bond motifs is 3. The zero-order valence-corrected chi connectivity index (χ0v) is 45.0. The van der Waals surface area contributed by atoms with Gasteiger partial charge in [-0.3, -0.25) is 14.5 Å². The van der Waals surface area contributed by atoms with Gasteiger partial charge < -0.3 is 15.3 Å². The van der Waals surface area contributed by atoms with Crippen LogP contribution in [0.5, 0.6) is 0 Å². The first-order valence-corrected chi connectivity index (χ1v) is 27.1. The molecule has 73 heavy (non-hydrogen) atoms. The predicted octanol–water partition coefficient (Wildman–Crippen LogP) is 7.03. The van der Waals surface area contributed by atoms with Crippen molar-refractivity contribution >= 4 is 87.5 Å². The Morgan fingerprint density at radius 1 is 0.630 bits per heavy atom. The van der Waals surface area contributed by atoms with E-state index in [0.717, 1.165) is 59.0 Å². The maximum atomic E-state index is 14.6. The summed E-state index contributed by atoms with van der Waals surface area (Å²) in [5, 5.41) is 54.6. The minimum Gasteiger partial charge on any atom is -0.396 e. The molecule has 0 bridgehead atoms. The maximum absolute atomic E-state index is 14.6. The van der Waals surface area contributed by atoms with E-state index in [1.54, 1.807) is 46.1 Å². The standard InChI is InChI=1S/C25H21F2N5O3S.C11H10IN5O.C9H6IN5.C2H5BrO/c1-36(34,35)14-16-8-18(21-4-3-20(26)11-23(21)27)10-19(9-16)22-12-29-32-13-17(2-5-24(22)32)25-28-15-31(30-25)6-7-33;12-9-5-14-17-6-8(1-2-10(9)17)11-13-7-16(15-11)3-4-18;10-7-3-13-15-4-6(1-2-8(7)15)9-11-5-12-14-9;3-1-2-4/h2-5,8-13,15,33H,6-7,14H2,1H3;1-2,5-7,18H,3-4H2;1-5H,(H,11,12,14);4H,1-2H2. The van der Waals surface area contributed by atoms with Gasteiger partial charge in [0.2, 0.25) is 0 Å². The fourth-order valence-electron chi connectivity index (χ4n) is 7.25. The number of hydrogen-bond acceptors (Lipinski definition) is 14. The molecule has 26 heteroatoms. The molecule has 11 rings (SSSR count). The van der Waals surface area contributed by atoms with Gasteiger partial charge in [-0.05, 0) is 129 Å². The lowest BCUT2D eigenvalue weighted by molar-refractivity contribution is 0.269. The highest BCUT2D eigenvalue weighted by molar-refractivity contribution is 14.1. The highest BCUT2D eigenvalue weighted by Crippen LogP contribution is 2.33. The van der Waals surface area contributed by atoms with Crippen LogP contribution in [0.25, 0.3) is 73.0 Å². The van der Waals surface area contributed by atoms with Crippen molar-refractivity contribution in [3.8, 4) is 56.4 Å². The van der Waals surface area contributed by atoms with Crippen LogP contribution >= 0.6 is 61.1 Å². The maximum Gasteiger partial charge on any atom is 0.182 e. The van der Waals surface area contributed by atoms with Crippen molar-refractivity contribution in [3.05, 3.63) is 153 Å². The van der Waals surface area contributed by atoms with Gasteiger partial charge in [0.1, 0.15) is 30.6 Å². The number of H-pyrrole nitrogens is 1. The van der Waals surface area contributed by atoms with Crippen molar-refractivity contribution < 1.29 is 32.5 Å². The molecule has 20 nitrogen and oxygen atoms in total. The van der Waals surface area contributed by atoms with E-state index in [2.05, 4.69) is 112 Å². The minimum absolute atomic E-state index is 0.0491. The molecule has 0 amide bonds. The fourth-order valence-corrected chi connectivity index (χ4v) is 9.12. The summed E-state index contributed by atoms with van der Waals surface area (Å²) in [7, 11) is -3.37. The first-order chi connectivity index (χ1) is 35.2. The number of alkyl halides is 1. The van der Waals surface area contributed by atoms with Crippen LogP contribution in [0.15, 0.2) is 129 Å². The van der Waals surface area contributed by atoms with Crippen molar-refractivity contribution in [1.29, 1.82) is 0 Å². The predicted molar refractivity (Wildman–Crippen MR) is 289 cm³/mol. The van der Waals surface area contributed by atoms with Gasteiger partial charge in [-0.15, -0.1) is 0 Å². The molecule has 0 fully saturated rings. The van der Waals surface area contributed by atoms with E-state index in [9.17, 15) is 17.2 Å². The molecule has 2 aromatic carbocycles. The molecule has 0 radical (unpaired) electrons. The van der Waals surface area contributed by atoms with E-state index < -0.39 is 21.5 Å². The van der Waals surface area contributed by atoms with E-state index in [0.29, 0.717) is 57.9 Å². The Balaban J connectivity index is 0.000000158. The number of aliphatic hydroxyl groups excluding tert-OH is 3. The molecule has 376 valence electrons. The van der Waals surface area contributed by atoms with Crippen LogP contribution in [-0.2, 0) is 28.7 Å². The third-order valence-corrected chi connectivity index (χ3v) is 13.3. The summed E-state index contributed by atoms with van der Waals surface area (Å²) in [6, 6.07) is 20.0. The van der Waals surface area contributed by atoms with Crippen LogP contribution < -0.4 is 0 Å². The Morgan fingerprint density at radius 3 is 1.67 bits per heavy atom. The smallest absolute Gasteiger partial charge is 0.182 e. The van der Waals surface area contributed by atoms with E-state index in [4.69, 9.17) is 15.3 Å². The number of benzene rings is 2. The number of rotatable bonds is 12. The minimum atomic E-state index is -3.37. The molecular formula is C47H42BrF2I2N15O5S. The number of nitrogens with one attached hydrogen (secondary N) is 1. The van der Waals surface area contributed by atoms with E-state index >= 15 is 0 Å². The summed E-state index contributed by atoms with van der Waals surface area (Å²) >= 11 is 7.51. The van der Waals surface area contributed by atoms with Gasteiger partial charge in [-0.1, -0.05) is 15.9 Å². The van der Waals surface area contributed by atoms with Crippen LogP contribution in [0.3, 0.4) is 0 Å². The largest absolute Gasteiger partial charge is 0.396 e. The van der Waals surface area contributed by atoms with Crippen LogP contribution in [0.2, 0.25) is 0 Å². The van der Waals surface area contributed by atoms with Crippen molar-refractivity contribution in [1.82, 2.24) is 73.6 Å². The van der Waals surface area contributed by atoms with E-state index in [-0.39, 0.29) is 31.1 Å². The van der Waals surface area contributed by atoms with Gasteiger partial charge in [0.25, 0.3) is 0 Å². The number of halogens is 5. The first kappa shape index (κ1) is 52.9. The topological polar surface area (TPSA) is 250 Å². The number of hydrogen-bond donors (Lipinski definition) is 4. The van der Waals surface area contributed by atoms with Gasteiger partial charge in [0.05, 0.1) is 80.9 Å². The summed E-state index contributed by atoms with van der Waals surface area (Å²) in [6.07, 6.45) is 16.7. The van der Waals surface area contributed by atoms with Crippen molar-refractivity contribution in [3.63, 3.8) is 0 Å². The molecule has 11 aromatic rings. The molecule has 0 aliphatic heterocycles. The number of aromatic nitrogens is 15. The molecule has 0 spiro atoms. The average Bonchev–Trinajstić information content (AvgIpc) is 4.26. The van der Waals surface area contributed by atoms with Crippen LogP contribution in [0.1, 0.15) is 5.56 Å². The summed E-state index contributed by atoms with van der Waals surface area (Å²) in [5.41, 5.74) is 7.90. The lowest BCUT2D eigenvalue weighted by Crippen LogP contribution is -2.02. The van der Waals surface area contributed by atoms with Crippen molar-refractivity contribution in [2.75, 3.05) is 31.4 Å². The highest BCUT2D eigenvalue weighted by Gasteiger charge is 2.17. The third-order valence-electron chi connectivity index (χ3n) is 10.4. The summed E-state index contributed by atoms with van der Waals surface area (Å²) < 4.78 is 62.8. The van der Waals surface area contributed by atoms with E-state index in [1.165, 1.54) is 23.4 Å². The second-order valence-corrected chi connectivity index (χ2v) is 21.0. The van der Waals surface area contributed by atoms with E-state index in [1.807, 2.05) is 70.2 Å². The molecule has 0 atom stereocenters. The van der Waals surface area contributed by atoms with Gasteiger partial charge in [-0.25, -0.2) is 45.7 Å². The fraction of sp³-hybridized carbons (Fsp3) is 0.170. The number of nitrogens with zero attached hydrogens (tertiary/aromatic N) is 14. The Morgan fingerprint density at radius 2 is 1.15 bits per heavy atom. The molecule has 0 saturated carbocycles. The lowest BCUT2D eigenvalue weighted by atomic mass is 9.96. The van der Waals surface area contributed by atoms with Gasteiger partial charge in [-0.2, -0.15) is 30.6 Å². The Labute approximate surface area is 450 Å². The Bertz CT molecular complexity index is 3750. The molecule has 0 aliphatic carbocycles. The van der Waals surface area contributed by atoms with Crippen LogP contribution in [0.4, 0.5) is 8.78 Å². The zero-order valence-electron chi connectivity index (χ0n) is 38.3. The summed E-state index contributed by atoms with van der Waals surface area (Å²) in [6.45, 7) is 1.03. The Hall–Kier alpha value is -6.44. The number of pyridine rings is 3. The number of sulfone groups is 1. The molecule has 9 heterocycles. The monoisotopic (exact) mass is 1300 g/mol. The average molecular weight is 1300 g/mol. The number of aliphatic hydroxyl groups is 3. The molecular weight excluding hydrogens is 1260 g/mol. The summed E-state index contributed by atoms with van der Waals surface area (Å²) in [5.74, 6) is 0.195. The molecule has 0 aliphatic rings. The highest BCUT2D eigenvalue weighted by atomic mass is 127. The quantitative estimate of drug-likeness (QED) is 0.0709. The normalized spacial score (nSPS) is 11.3. The molecule has 0 saturated heterocycles. The van der Waals surface area contributed by atoms with Gasteiger partial charge >= 0.3 is 0 Å². The first-order valence-electron chi connectivity index (χ1n) is 21.8. The number of aromatic amines is 1. The van der Waals surface area contributed by atoms with Gasteiger partial charge in [0, 0.05) is 64.1 Å².